The second-order valence-electron chi connectivity index (χ2n) is 6.45. The largest absolute Gasteiger partial charge is 0.495 e. The highest BCUT2D eigenvalue weighted by atomic mass is 32.2. The summed E-state index contributed by atoms with van der Waals surface area (Å²) < 4.78 is 32.5. The zero-order valence-corrected chi connectivity index (χ0v) is 17.2. The van der Waals surface area contributed by atoms with Gasteiger partial charge in [0.2, 0.25) is 15.9 Å². The Morgan fingerprint density at radius 2 is 1.70 bits per heavy atom. The third-order valence-electron chi connectivity index (χ3n) is 4.26. The fourth-order valence-corrected chi connectivity index (χ4v) is 4.48. The van der Waals surface area contributed by atoms with Crippen LogP contribution in [-0.2, 0) is 14.8 Å². The number of hydrogen-bond acceptors (Lipinski definition) is 4. The normalized spacial score (nSPS) is 11.5. The third-order valence-corrected chi connectivity index (χ3v) is 6.33. The van der Waals surface area contributed by atoms with Crippen LogP contribution < -0.4 is 10.1 Å². The van der Waals surface area contributed by atoms with Gasteiger partial charge in [0.15, 0.2) is 0 Å². The minimum atomic E-state index is -3.77. The first kappa shape index (κ1) is 20.9. The lowest BCUT2D eigenvalue weighted by Gasteiger charge is -2.22. The zero-order valence-electron chi connectivity index (χ0n) is 16.4. The second-order valence-corrected chi connectivity index (χ2v) is 8.36. The van der Waals surface area contributed by atoms with E-state index in [0.717, 1.165) is 11.1 Å². The molecule has 2 aromatic carbocycles. The van der Waals surface area contributed by atoms with Crippen molar-refractivity contribution in [1.82, 2.24) is 4.31 Å². The first-order valence-electron chi connectivity index (χ1n) is 8.71. The van der Waals surface area contributed by atoms with Crippen LogP contribution in [-0.4, -0.2) is 38.8 Å². The molecule has 0 unspecified atom stereocenters. The molecule has 0 aromatic heterocycles. The number of amides is 1. The van der Waals surface area contributed by atoms with Crippen molar-refractivity contribution in [2.24, 2.45) is 0 Å². The summed E-state index contributed by atoms with van der Waals surface area (Å²) in [5.74, 6) is 0.101. The van der Waals surface area contributed by atoms with Gasteiger partial charge >= 0.3 is 0 Å². The summed E-state index contributed by atoms with van der Waals surface area (Å²) in [6, 6.07) is 10.7. The third kappa shape index (κ3) is 4.87. The number of methoxy groups -OCH3 is 1. The molecule has 0 spiro atoms. The molecule has 0 saturated heterocycles. The predicted molar refractivity (Wildman–Crippen MR) is 107 cm³/mol. The highest BCUT2D eigenvalue weighted by Crippen LogP contribution is 2.26. The number of nitrogens with one attached hydrogen (secondary N) is 1. The van der Waals surface area contributed by atoms with Crippen LogP contribution in [0.3, 0.4) is 0 Å². The molecule has 1 amide bonds. The van der Waals surface area contributed by atoms with Gasteiger partial charge in [-0.05, 0) is 55.7 Å². The van der Waals surface area contributed by atoms with Crippen molar-refractivity contribution >= 4 is 21.6 Å². The van der Waals surface area contributed by atoms with E-state index in [1.54, 1.807) is 38.1 Å². The van der Waals surface area contributed by atoms with Crippen LogP contribution in [0.1, 0.15) is 23.6 Å². The Morgan fingerprint density at radius 3 is 2.33 bits per heavy atom. The summed E-state index contributed by atoms with van der Waals surface area (Å²) in [4.78, 5) is 12.7. The minimum Gasteiger partial charge on any atom is -0.495 e. The molecule has 1 N–H and O–H groups in total. The van der Waals surface area contributed by atoms with Crippen molar-refractivity contribution < 1.29 is 17.9 Å². The van der Waals surface area contributed by atoms with E-state index in [9.17, 15) is 13.2 Å². The number of nitrogens with zero attached hydrogens (tertiary/aromatic N) is 1. The van der Waals surface area contributed by atoms with E-state index in [2.05, 4.69) is 5.32 Å². The van der Waals surface area contributed by atoms with Gasteiger partial charge in [-0.15, -0.1) is 0 Å². The molecule has 0 atom stereocenters. The van der Waals surface area contributed by atoms with Crippen molar-refractivity contribution in [3.8, 4) is 5.75 Å². The zero-order chi connectivity index (χ0) is 20.2. The Bertz CT molecular complexity index is 939. The molecule has 0 fully saturated rings. The van der Waals surface area contributed by atoms with E-state index in [1.807, 2.05) is 26.0 Å². The fraction of sp³-hybridized carbons (Fsp3) is 0.350. The van der Waals surface area contributed by atoms with Gasteiger partial charge in [-0.3, -0.25) is 4.79 Å². The van der Waals surface area contributed by atoms with Crippen LogP contribution in [0.5, 0.6) is 5.75 Å². The highest BCUT2D eigenvalue weighted by molar-refractivity contribution is 7.89. The lowest BCUT2D eigenvalue weighted by atomic mass is 10.2. The molecule has 146 valence electrons. The fourth-order valence-electron chi connectivity index (χ4n) is 2.76. The molecule has 0 aliphatic carbocycles. The lowest BCUT2D eigenvalue weighted by molar-refractivity contribution is -0.116. The smallest absolute Gasteiger partial charge is 0.243 e. The number of carbonyl (C=O) groups is 1. The highest BCUT2D eigenvalue weighted by Gasteiger charge is 2.27. The maximum Gasteiger partial charge on any atom is 0.243 e. The summed E-state index contributed by atoms with van der Waals surface area (Å²) >= 11 is 0. The van der Waals surface area contributed by atoms with Crippen LogP contribution in [0, 0.1) is 20.8 Å². The number of hydrogen-bond donors (Lipinski definition) is 1. The maximum atomic E-state index is 13.0. The van der Waals surface area contributed by atoms with E-state index in [0.29, 0.717) is 17.0 Å². The summed E-state index contributed by atoms with van der Waals surface area (Å²) in [6.45, 7) is 7.11. The molecule has 0 aliphatic heterocycles. The Hall–Kier alpha value is -2.38. The number of aryl methyl sites for hydroxylation is 3. The van der Waals surface area contributed by atoms with Crippen molar-refractivity contribution in [3.63, 3.8) is 0 Å². The monoisotopic (exact) mass is 390 g/mol. The van der Waals surface area contributed by atoms with Gasteiger partial charge in [0.1, 0.15) is 5.75 Å². The minimum absolute atomic E-state index is 0.189. The van der Waals surface area contributed by atoms with Crippen molar-refractivity contribution in [2.45, 2.75) is 32.6 Å². The topological polar surface area (TPSA) is 75.7 Å². The molecule has 0 bridgehead atoms. The SMILES string of the molecule is CCN(CC(=O)Nc1cc(C)ccc1OC)S(=O)(=O)c1cc(C)ccc1C. The number of rotatable bonds is 7. The molecule has 2 rings (SSSR count). The van der Waals surface area contributed by atoms with Crippen LogP contribution in [0.4, 0.5) is 5.69 Å². The van der Waals surface area contributed by atoms with E-state index in [-0.39, 0.29) is 18.0 Å². The molecule has 7 heteroatoms. The molecule has 6 nitrogen and oxygen atoms in total. The van der Waals surface area contributed by atoms with Crippen LogP contribution in [0.15, 0.2) is 41.3 Å². The Morgan fingerprint density at radius 1 is 1.07 bits per heavy atom. The van der Waals surface area contributed by atoms with Crippen molar-refractivity contribution in [2.75, 3.05) is 25.5 Å². The number of benzene rings is 2. The van der Waals surface area contributed by atoms with Gasteiger partial charge in [0, 0.05) is 6.54 Å². The average Bonchev–Trinajstić information content (AvgIpc) is 2.61. The first-order chi connectivity index (χ1) is 12.7. The van der Waals surface area contributed by atoms with Crippen LogP contribution >= 0.6 is 0 Å². The molecular formula is C20H26N2O4S. The van der Waals surface area contributed by atoms with Gasteiger partial charge in [0.05, 0.1) is 24.2 Å². The van der Waals surface area contributed by atoms with Crippen LogP contribution in [0.25, 0.3) is 0 Å². The van der Waals surface area contributed by atoms with E-state index < -0.39 is 15.9 Å². The standard InChI is InChI=1S/C20H26N2O4S/c1-6-22(27(24,25)19-12-15(3)7-9-16(19)4)13-20(23)21-17-11-14(2)8-10-18(17)26-5/h7-12H,6,13H2,1-5H3,(H,21,23). The Kier molecular flexibility index (Phi) is 6.62. The quantitative estimate of drug-likeness (QED) is 0.787. The number of sulfonamides is 1. The molecule has 0 radical (unpaired) electrons. The van der Waals surface area contributed by atoms with E-state index in [1.165, 1.54) is 11.4 Å². The average molecular weight is 391 g/mol. The number of likely N-dealkylation sites (N-methyl/N-ethyl adjacent to an activating group) is 1. The number of carbonyl (C=O) groups excluding carboxylic acids is 1. The molecule has 0 aliphatic rings. The summed E-state index contributed by atoms with van der Waals surface area (Å²) in [7, 11) is -2.26. The van der Waals surface area contributed by atoms with Crippen LogP contribution in [0.2, 0.25) is 0 Å². The number of anilines is 1. The summed E-state index contributed by atoms with van der Waals surface area (Å²) in [5.41, 5.74) is 2.98. The van der Waals surface area contributed by atoms with Gasteiger partial charge in [-0.2, -0.15) is 4.31 Å². The van der Waals surface area contributed by atoms with Gasteiger partial charge in [-0.1, -0.05) is 25.1 Å². The van der Waals surface area contributed by atoms with E-state index >= 15 is 0 Å². The Labute approximate surface area is 161 Å². The molecule has 2 aromatic rings. The van der Waals surface area contributed by atoms with Gasteiger partial charge in [-0.25, -0.2) is 8.42 Å². The van der Waals surface area contributed by atoms with Gasteiger partial charge < -0.3 is 10.1 Å². The van der Waals surface area contributed by atoms with Crippen molar-refractivity contribution in [1.29, 1.82) is 0 Å². The Balaban J connectivity index is 2.25. The van der Waals surface area contributed by atoms with Gasteiger partial charge in [0.25, 0.3) is 0 Å². The van der Waals surface area contributed by atoms with Crippen molar-refractivity contribution in [3.05, 3.63) is 53.1 Å². The first-order valence-corrected chi connectivity index (χ1v) is 10.1. The predicted octanol–water partition coefficient (Wildman–Crippen LogP) is 3.27. The molecule has 27 heavy (non-hydrogen) atoms. The second kappa shape index (κ2) is 8.54. The van der Waals surface area contributed by atoms with E-state index in [4.69, 9.17) is 4.74 Å². The molecular weight excluding hydrogens is 364 g/mol. The molecule has 0 heterocycles. The lowest BCUT2D eigenvalue weighted by Crippen LogP contribution is -2.38. The number of ether oxygens (including phenoxy) is 1. The molecule has 0 saturated carbocycles. The summed E-state index contributed by atoms with van der Waals surface area (Å²) in [5, 5.41) is 2.75. The summed E-state index contributed by atoms with van der Waals surface area (Å²) in [6.07, 6.45) is 0. The maximum absolute atomic E-state index is 13.0.